The number of hydrogen-bond acceptors (Lipinski definition) is 6. The first-order valence-electron chi connectivity index (χ1n) is 5.77. The van der Waals surface area contributed by atoms with E-state index in [1.165, 1.54) is 6.33 Å². The first-order chi connectivity index (χ1) is 9.72. The maximum Gasteiger partial charge on any atom is 0.258 e. The molecular formula is C13H9N5O2. The maximum absolute atomic E-state index is 12.1. The number of H-pyrrole nitrogens is 1. The van der Waals surface area contributed by atoms with Crippen LogP contribution in [0.5, 0.6) is 5.88 Å². The minimum absolute atomic E-state index is 0.0417. The molecule has 3 N–H and O–H groups in total. The zero-order valence-electron chi connectivity index (χ0n) is 10.2. The normalized spacial score (nSPS) is 17.1. The van der Waals surface area contributed by atoms with Gasteiger partial charge < -0.3 is 15.5 Å². The number of aromatic nitrogens is 3. The van der Waals surface area contributed by atoms with Crippen molar-refractivity contribution in [3.63, 3.8) is 0 Å². The fraction of sp³-hybridized carbons (Fsp3) is 0.0769. The van der Waals surface area contributed by atoms with E-state index < -0.39 is 5.92 Å². The second kappa shape index (κ2) is 4.51. The molecule has 7 nitrogen and oxygen atoms in total. The van der Waals surface area contributed by atoms with Gasteiger partial charge in [-0.25, -0.2) is 4.98 Å². The molecule has 2 aromatic heterocycles. The summed E-state index contributed by atoms with van der Waals surface area (Å²) >= 11 is 0. The molecule has 1 aliphatic rings. The summed E-state index contributed by atoms with van der Waals surface area (Å²) < 4.78 is 5.26. The van der Waals surface area contributed by atoms with Gasteiger partial charge in [-0.1, -0.05) is 0 Å². The summed E-state index contributed by atoms with van der Waals surface area (Å²) in [6.07, 6.45) is 4.40. The van der Waals surface area contributed by atoms with E-state index in [-0.39, 0.29) is 28.5 Å². The lowest BCUT2D eigenvalue weighted by molar-refractivity contribution is 0.375. The number of pyridine rings is 1. The third-order valence-electron chi connectivity index (χ3n) is 3.06. The van der Waals surface area contributed by atoms with E-state index in [4.69, 9.17) is 10.5 Å². The average molecular weight is 267 g/mol. The number of allylic oxidation sites excluding steroid dienone is 1. The standard InChI is InChI=1S/C13H9N5O2/c14-5-8-9(7-1-3-16-4-2-7)10-12(19)17-6-18-13(10)20-11(8)15/h1-4,6,9H,15H2,(H,17,18,19). The lowest BCUT2D eigenvalue weighted by Crippen LogP contribution is -2.28. The SMILES string of the molecule is N#CC1=C(N)Oc2nc[nH]c(=O)c2C1c1ccncc1. The van der Waals surface area contributed by atoms with Gasteiger partial charge in [0, 0.05) is 12.4 Å². The smallest absolute Gasteiger partial charge is 0.258 e. The quantitative estimate of drug-likeness (QED) is 0.771. The monoisotopic (exact) mass is 267 g/mol. The third kappa shape index (κ3) is 1.71. The van der Waals surface area contributed by atoms with Crippen molar-refractivity contribution < 1.29 is 4.74 Å². The van der Waals surface area contributed by atoms with Gasteiger partial charge in [0.2, 0.25) is 11.8 Å². The van der Waals surface area contributed by atoms with Crippen LogP contribution in [-0.2, 0) is 0 Å². The number of ether oxygens (including phenoxy) is 1. The molecule has 0 aromatic carbocycles. The highest BCUT2D eigenvalue weighted by Gasteiger charge is 2.33. The van der Waals surface area contributed by atoms with Crippen LogP contribution in [0.1, 0.15) is 17.0 Å². The van der Waals surface area contributed by atoms with Crippen LogP contribution in [0.15, 0.2) is 47.1 Å². The van der Waals surface area contributed by atoms with Crippen molar-refractivity contribution in [1.82, 2.24) is 15.0 Å². The number of rotatable bonds is 1. The van der Waals surface area contributed by atoms with Crippen molar-refractivity contribution in [3.05, 3.63) is 63.8 Å². The van der Waals surface area contributed by atoms with Gasteiger partial charge in [0.1, 0.15) is 11.6 Å². The van der Waals surface area contributed by atoms with E-state index in [1.807, 2.05) is 6.07 Å². The summed E-state index contributed by atoms with van der Waals surface area (Å²) in [5.74, 6) is -0.531. The largest absolute Gasteiger partial charge is 0.422 e. The molecule has 0 radical (unpaired) electrons. The van der Waals surface area contributed by atoms with Crippen molar-refractivity contribution in [2.24, 2.45) is 5.73 Å². The molecule has 0 aliphatic carbocycles. The minimum atomic E-state index is -0.607. The molecule has 0 saturated heterocycles. The lowest BCUT2D eigenvalue weighted by Gasteiger charge is -2.24. The predicted octanol–water partition coefficient (Wildman–Crippen LogP) is 0.383. The number of nitriles is 1. The summed E-state index contributed by atoms with van der Waals surface area (Å²) in [4.78, 5) is 22.4. The van der Waals surface area contributed by atoms with E-state index in [0.29, 0.717) is 0 Å². The molecule has 0 bridgehead atoms. The molecule has 1 aliphatic heterocycles. The van der Waals surface area contributed by atoms with Crippen molar-refractivity contribution in [3.8, 4) is 11.9 Å². The van der Waals surface area contributed by atoms with Gasteiger partial charge in [-0.3, -0.25) is 9.78 Å². The minimum Gasteiger partial charge on any atom is -0.422 e. The van der Waals surface area contributed by atoms with Gasteiger partial charge >= 0.3 is 0 Å². The van der Waals surface area contributed by atoms with E-state index in [9.17, 15) is 10.1 Å². The molecule has 0 saturated carbocycles. The summed E-state index contributed by atoms with van der Waals surface area (Å²) in [6, 6.07) is 5.44. The Balaban J connectivity index is 2.31. The van der Waals surface area contributed by atoms with Crippen molar-refractivity contribution in [2.75, 3.05) is 0 Å². The van der Waals surface area contributed by atoms with Gasteiger partial charge in [-0.05, 0) is 17.7 Å². The topological polar surface area (TPSA) is 118 Å². The van der Waals surface area contributed by atoms with Crippen LogP contribution < -0.4 is 16.0 Å². The van der Waals surface area contributed by atoms with Gasteiger partial charge in [-0.15, -0.1) is 0 Å². The van der Waals surface area contributed by atoms with Crippen molar-refractivity contribution in [1.29, 1.82) is 5.26 Å². The summed E-state index contributed by atoms with van der Waals surface area (Å²) in [5, 5.41) is 9.29. The molecule has 2 aromatic rings. The van der Waals surface area contributed by atoms with Gasteiger partial charge in [0.05, 0.1) is 17.8 Å². The Kier molecular flexibility index (Phi) is 2.69. The Morgan fingerprint density at radius 2 is 2.15 bits per heavy atom. The summed E-state index contributed by atoms with van der Waals surface area (Å²) in [5.41, 5.74) is 6.56. The second-order valence-electron chi connectivity index (χ2n) is 4.16. The molecule has 0 fully saturated rings. The Labute approximate surface area is 113 Å². The van der Waals surface area contributed by atoms with Crippen LogP contribution in [0.3, 0.4) is 0 Å². The predicted molar refractivity (Wildman–Crippen MR) is 68.4 cm³/mol. The molecule has 3 rings (SSSR count). The van der Waals surface area contributed by atoms with Crippen LogP contribution >= 0.6 is 0 Å². The van der Waals surface area contributed by atoms with Gasteiger partial charge in [-0.2, -0.15) is 5.26 Å². The number of nitrogens with zero attached hydrogens (tertiary/aromatic N) is 3. The molecule has 0 amide bonds. The summed E-state index contributed by atoms with van der Waals surface area (Å²) in [6.45, 7) is 0. The highest BCUT2D eigenvalue weighted by atomic mass is 16.5. The van der Waals surface area contributed by atoms with E-state index >= 15 is 0 Å². The lowest BCUT2D eigenvalue weighted by atomic mass is 9.86. The average Bonchev–Trinajstić information content (AvgIpc) is 2.47. The molecular weight excluding hydrogens is 258 g/mol. The molecule has 20 heavy (non-hydrogen) atoms. The Bertz CT molecular complexity index is 788. The van der Waals surface area contributed by atoms with Crippen LogP contribution in [0, 0.1) is 11.3 Å². The number of hydrogen-bond donors (Lipinski definition) is 2. The third-order valence-corrected chi connectivity index (χ3v) is 3.06. The zero-order valence-corrected chi connectivity index (χ0v) is 10.2. The summed E-state index contributed by atoms with van der Waals surface area (Å²) in [7, 11) is 0. The second-order valence-corrected chi connectivity index (χ2v) is 4.16. The number of nitrogens with two attached hydrogens (primary N) is 1. The highest BCUT2D eigenvalue weighted by molar-refractivity contribution is 5.52. The van der Waals surface area contributed by atoms with E-state index in [2.05, 4.69) is 15.0 Å². The van der Waals surface area contributed by atoms with Crippen LogP contribution in [0.2, 0.25) is 0 Å². The van der Waals surface area contributed by atoms with Crippen LogP contribution in [0.25, 0.3) is 0 Å². The van der Waals surface area contributed by atoms with Crippen LogP contribution in [-0.4, -0.2) is 15.0 Å². The molecule has 98 valence electrons. The van der Waals surface area contributed by atoms with Gasteiger partial charge in [0.15, 0.2) is 0 Å². The number of fused-ring (bicyclic) bond motifs is 1. The fourth-order valence-corrected chi connectivity index (χ4v) is 2.18. The van der Waals surface area contributed by atoms with Crippen molar-refractivity contribution >= 4 is 0 Å². The number of nitrogens with one attached hydrogen (secondary N) is 1. The fourth-order valence-electron chi connectivity index (χ4n) is 2.18. The van der Waals surface area contributed by atoms with E-state index in [0.717, 1.165) is 5.56 Å². The first kappa shape index (κ1) is 11.9. The Morgan fingerprint density at radius 3 is 2.85 bits per heavy atom. The Morgan fingerprint density at radius 1 is 1.40 bits per heavy atom. The molecule has 3 heterocycles. The maximum atomic E-state index is 12.1. The molecule has 1 unspecified atom stereocenters. The van der Waals surface area contributed by atoms with Crippen LogP contribution in [0.4, 0.5) is 0 Å². The van der Waals surface area contributed by atoms with Crippen molar-refractivity contribution in [2.45, 2.75) is 5.92 Å². The van der Waals surface area contributed by atoms with Gasteiger partial charge in [0.25, 0.3) is 5.56 Å². The first-order valence-corrected chi connectivity index (χ1v) is 5.77. The molecule has 1 atom stereocenters. The molecule has 7 heteroatoms. The number of aromatic amines is 1. The van der Waals surface area contributed by atoms with E-state index in [1.54, 1.807) is 24.5 Å². The zero-order chi connectivity index (χ0) is 14.1. The molecule has 0 spiro atoms. The Hall–Kier alpha value is -3.14. The highest BCUT2D eigenvalue weighted by Crippen LogP contribution is 2.38.